The lowest BCUT2D eigenvalue weighted by molar-refractivity contribution is 0.0681. The molecular weight excluding hydrogens is 395 g/mol. The zero-order valence-electron chi connectivity index (χ0n) is 17.0. The maximum absolute atomic E-state index is 13.1. The molecule has 5 nitrogen and oxygen atoms in total. The third-order valence-corrected chi connectivity index (χ3v) is 6.49. The van der Waals surface area contributed by atoms with Crippen molar-refractivity contribution in [3.63, 3.8) is 0 Å². The highest BCUT2D eigenvalue weighted by Gasteiger charge is 2.36. The number of halogens is 2. The van der Waals surface area contributed by atoms with E-state index >= 15 is 0 Å². The second-order valence-corrected chi connectivity index (χ2v) is 8.46. The number of amides is 1. The molecule has 0 saturated carbocycles. The fourth-order valence-electron chi connectivity index (χ4n) is 4.78. The molecule has 0 aromatic heterocycles. The van der Waals surface area contributed by atoms with Crippen molar-refractivity contribution >= 4 is 30.7 Å². The zero-order chi connectivity index (χ0) is 18.1. The van der Waals surface area contributed by atoms with Gasteiger partial charge in [-0.1, -0.05) is 12.1 Å². The fourth-order valence-corrected chi connectivity index (χ4v) is 4.78. The van der Waals surface area contributed by atoms with E-state index in [4.69, 9.17) is 0 Å². The van der Waals surface area contributed by atoms with Gasteiger partial charge in [0.05, 0.1) is 0 Å². The predicted octanol–water partition coefficient (Wildman–Crippen LogP) is 2.63. The smallest absolute Gasteiger partial charge is 0.253 e. The quantitative estimate of drug-likeness (QED) is 0.799. The van der Waals surface area contributed by atoms with Gasteiger partial charge in [-0.15, -0.1) is 24.8 Å². The third kappa shape index (κ3) is 5.39. The number of benzene rings is 1. The first-order valence-electron chi connectivity index (χ1n) is 10.1. The van der Waals surface area contributed by atoms with Crippen LogP contribution in [0.1, 0.15) is 41.6 Å². The summed E-state index contributed by atoms with van der Waals surface area (Å²) in [4.78, 5) is 19.9. The summed E-state index contributed by atoms with van der Waals surface area (Å²) in [7, 11) is 4.17. The molecule has 3 aliphatic rings. The Bertz CT molecular complexity index is 639. The van der Waals surface area contributed by atoms with E-state index in [1.165, 1.54) is 18.4 Å². The van der Waals surface area contributed by atoms with Crippen LogP contribution in [0.2, 0.25) is 0 Å². The largest absolute Gasteiger partial charge is 0.339 e. The molecule has 2 atom stereocenters. The lowest BCUT2D eigenvalue weighted by Gasteiger charge is -2.35. The van der Waals surface area contributed by atoms with Gasteiger partial charge < -0.3 is 15.1 Å². The Balaban J connectivity index is 0.00000140. The normalized spacial score (nSPS) is 27.6. The summed E-state index contributed by atoms with van der Waals surface area (Å²) < 4.78 is 0. The van der Waals surface area contributed by atoms with E-state index in [2.05, 4.69) is 34.3 Å². The highest BCUT2D eigenvalue weighted by atomic mass is 35.5. The van der Waals surface area contributed by atoms with Gasteiger partial charge in [0.2, 0.25) is 0 Å². The van der Waals surface area contributed by atoms with E-state index in [9.17, 15) is 4.79 Å². The topological polar surface area (TPSA) is 38.8 Å². The highest BCUT2D eigenvalue weighted by Crippen LogP contribution is 2.30. The molecule has 1 amide bonds. The number of likely N-dealkylation sites (N-methyl/N-ethyl adjacent to an activating group) is 1. The van der Waals surface area contributed by atoms with Crippen LogP contribution in [0.25, 0.3) is 0 Å². The Morgan fingerprint density at radius 1 is 1.11 bits per heavy atom. The molecule has 3 aliphatic heterocycles. The molecule has 158 valence electrons. The number of nitrogens with one attached hydrogen (secondary N) is 1. The minimum absolute atomic E-state index is 0. The van der Waals surface area contributed by atoms with Crippen molar-refractivity contribution in [1.29, 1.82) is 0 Å². The standard InChI is InChI=1S/C21H32N4O.2ClH/c1-23-8-10-25(11-9-23)15-16-4-3-5-17(12-16)21(26)24(2)20-13-18-6-7-19(14-20)22-18;;/h3-5,12,18-20,22H,6-11,13-15H2,1-2H3;2*1H. The van der Waals surface area contributed by atoms with Gasteiger partial charge in [0, 0.05) is 63.5 Å². The van der Waals surface area contributed by atoms with Gasteiger partial charge in [-0.05, 0) is 50.4 Å². The van der Waals surface area contributed by atoms with Crippen molar-refractivity contribution in [2.24, 2.45) is 0 Å². The van der Waals surface area contributed by atoms with Gasteiger partial charge in [-0.3, -0.25) is 9.69 Å². The number of piperidine rings is 1. The van der Waals surface area contributed by atoms with Crippen molar-refractivity contribution in [2.75, 3.05) is 40.3 Å². The second-order valence-electron chi connectivity index (χ2n) is 8.46. The van der Waals surface area contributed by atoms with Crippen LogP contribution in [0.15, 0.2) is 24.3 Å². The molecule has 0 spiro atoms. The second kappa shape index (κ2) is 10.3. The summed E-state index contributed by atoms with van der Waals surface area (Å²) in [5, 5.41) is 3.66. The number of hydrogen-bond acceptors (Lipinski definition) is 4. The van der Waals surface area contributed by atoms with Crippen molar-refractivity contribution in [3.05, 3.63) is 35.4 Å². The van der Waals surface area contributed by atoms with E-state index < -0.39 is 0 Å². The summed E-state index contributed by atoms with van der Waals surface area (Å²) in [6, 6.07) is 9.87. The molecule has 1 aromatic rings. The first-order chi connectivity index (χ1) is 12.6. The van der Waals surface area contributed by atoms with Crippen molar-refractivity contribution in [1.82, 2.24) is 20.0 Å². The molecule has 1 aromatic carbocycles. The number of carbonyl (C=O) groups excluding carboxylic acids is 1. The number of piperazine rings is 1. The van der Waals surface area contributed by atoms with Crippen molar-refractivity contribution in [3.8, 4) is 0 Å². The molecular formula is C21H34Cl2N4O. The minimum Gasteiger partial charge on any atom is -0.339 e. The molecule has 28 heavy (non-hydrogen) atoms. The summed E-state index contributed by atoms with van der Waals surface area (Å²) in [6.07, 6.45) is 4.73. The average molecular weight is 429 g/mol. The van der Waals surface area contributed by atoms with E-state index in [0.29, 0.717) is 18.1 Å². The third-order valence-electron chi connectivity index (χ3n) is 6.49. The van der Waals surface area contributed by atoms with E-state index in [1.54, 1.807) is 0 Å². The molecule has 4 rings (SSSR count). The van der Waals surface area contributed by atoms with Gasteiger partial charge in [0.1, 0.15) is 0 Å². The summed E-state index contributed by atoms with van der Waals surface area (Å²) in [5.41, 5.74) is 2.09. The molecule has 0 radical (unpaired) electrons. The van der Waals surface area contributed by atoms with Crippen LogP contribution in [-0.4, -0.2) is 79.0 Å². The number of nitrogens with zero attached hydrogens (tertiary/aromatic N) is 3. The van der Waals surface area contributed by atoms with Crippen LogP contribution >= 0.6 is 24.8 Å². The highest BCUT2D eigenvalue weighted by molar-refractivity contribution is 5.94. The molecule has 0 aliphatic carbocycles. The van der Waals surface area contributed by atoms with Crippen LogP contribution in [0.3, 0.4) is 0 Å². The molecule has 2 bridgehead atoms. The monoisotopic (exact) mass is 428 g/mol. The van der Waals surface area contributed by atoms with Crippen LogP contribution in [0.5, 0.6) is 0 Å². The van der Waals surface area contributed by atoms with Crippen LogP contribution in [-0.2, 0) is 6.54 Å². The molecule has 1 N–H and O–H groups in total. The molecule has 2 unspecified atom stereocenters. The van der Waals surface area contributed by atoms with Gasteiger partial charge in [0.25, 0.3) is 5.91 Å². The predicted molar refractivity (Wildman–Crippen MR) is 119 cm³/mol. The summed E-state index contributed by atoms with van der Waals surface area (Å²) in [5.74, 6) is 0.177. The summed E-state index contributed by atoms with van der Waals surface area (Å²) in [6.45, 7) is 5.40. The molecule has 3 saturated heterocycles. The fraction of sp³-hybridized carbons (Fsp3) is 0.667. The van der Waals surface area contributed by atoms with Gasteiger partial charge in [0.15, 0.2) is 0 Å². The Kier molecular flexibility index (Phi) is 8.59. The van der Waals surface area contributed by atoms with Gasteiger partial charge in [-0.2, -0.15) is 0 Å². The Morgan fingerprint density at radius 2 is 1.75 bits per heavy atom. The van der Waals surface area contributed by atoms with Crippen LogP contribution in [0, 0.1) is 0 Å². The number of fused-ring (bicyclic) bond motifs is 2. The maximum Gasteiger partial charge on any atom is 0.253 e. The van der Waals surface area contributed by atoms with E-state index in [-0.39, 0.29) is 30.7 Å². The minimum atomic E-state index is 0. The first kappa shape index (κ1) is 23.4. The van der Waals surface area contributed by atoms with E-state index in [1.807, 2.05) is 24.1 Å². The van der Waals surface area contributed by atoms with E-state index in [0.717, 1.165) is 51.1 Å². The Morgan fingerprint density at radius 3 is 2.39 bits per heavy atom. The van der Waals surface area contributed by atoms with Gasteiger partial charge >= 0.3 is 0 Å². The maximum atomic E-state index is 13.1. The van der Waals surface area contributed by atoms with Crippen LogP contribution < -0.4 is 5.32 Å². The Labute approximate surface area is 181 Å². The zero-order valence-corrected chi connectivity index (χ0v) is 18.6. The number of carbonyl (C=O) groups is 1. The lowest BCUT2D eigenvalue weighted by atomic mass is 9.97. The lowest BCUT2D eigenvalue weighted by Crippen LogP contribution is -2.48. The van der Waals surface area contributed by atoms with Gasteiger partial charge in [-0.25, -0.2) is 0 Å². The summed E-state index contributed by atoms with van der Waals surface area (Å²) >= 11 is 0. The first-order valence-corrected chi connectivity index (χ1v) is 10.1. The molecule has 3 fully saturated rings. The number of hydrogen-bond donors (Lipinski definition) is 1. The Hall–Kier alpha value is -0.850. The molecule has 7 heteroatoms. The van der Waals surface area contributed by atoms with Crippen LogP contribution in [0.4, 0.5) is 0 Å². The average Bonchev–Trinajstić information content (AvgIpc) is 3.00. The molecule has 3 heterocycles. The van der Waals surface area contributed by atoms with Crippen molar-refractivity contribution in [2.45, 2.75) is 50.4 Å². The van der Waals surface area contributed by atoms with Crippen molar-refractivity contribution < 1.29 is 4.79 Å². The number of rotatable bonds is 4. The SMILES string of the molecule is CN1CCN(Cc2cccc(C(=O)N(C)C3CC4CCC(C3)N4)c2)CC1.Cl.Cl.